The van der Waals surface area contributed by atoms with Gasteiger partial charge < -0.3 is 4.74 Å². The molecule has 5 nitrogen and oxygen atoms in total. The van der Waals surface area contributed by atoms with Crippen LogP contribution in [-0.2, 0) is 4.79 Å². The molecule has 0 fully saturated rings. The number of aromatic nitrogens is 1. The number of benzene rings is 1. The summed E-state index contributed by atoms with van der Waals surface area (Å²) in [6.45, 7) is -0.139. The van der Waals surface area contributed by atoms with Crippen molar-refractivity contribution in [2.24, 2.45) is 5.10 Å². The number of carbonyl (C=O) groups is 1. The van der Waals surface area contributed by atoms with E-state index in [0.717, 1.165) is 0 Å². The number of amides is 1. The number of nitrogens with one attached hydrogen (secondary N) is 1. The number of hydrazone groups is 1. The van der Waals surface area contributed by atoms with Gasteiger partial charge in [-0.1, -0.05) is 23.7 Å². The van der Waals surface area contributed by atoms with Gasteiger partial charge in [-0.2, -0.15) is 5.10 Å². The first kappa shape index (κ1) is 14.0. The molecule has 0 radical (unpaired) electrons. The van der Waals surface area contributed by atoms with Gasteiger partial charge in [-0.05, 0) is 30.3 Å². The quantitative estimate of drug-likeness (QED) is 0.678. The summed E-state index contributed by atoms with van der Waals surface area (Å²) in [6, 6.07) is 12.2. The fourth-order valence-corrected chi connectivity index (χ4v) is 1.54. The Morgan fingerprint density at radius 3 is 3.00 bits per heavy atom. The molecule has 2 rings (SSSR count). The second kappa shape index (κ2) is 7.25. The first-order chi connectivity index (χ1) is 9.74. The van der Waals surface area contributed by atoms with Crippen LogP contribution in [0.1, 0.15) is 5.69 Å². The zero-order chi connectivity index (χ0) is 14.2. The molecule has 0 saturated carbocycles. The Morgan fingerprint density at radius 2 is 2.25 bits per heavy atom. The molecule has 1 aromatic carbocycles. The lowest BCUT2D eigenvalue weighted by molar-refractivity contribution is -0.123. The van der Waals surface area contributed by atoms with Gasteiger partial charge in [0.15, 0.2) is 6.61 Å². The van der Waals surface area contributed by atoms with E-state index in [1.165, 1.54) is 6.21 Å². The first-order valence-corrected chi connectivity index (χ1v) is 6.23. The van der Waals surface area contributed by atoms with E-state index in [1.807, 2.05) is 6.07 Å². The van der Waals surface area contributed by atoms with Crippen LogP contribution in [0.3, 0.4) is 0 Å². The van der Waals surface area contributed by atoms with Gasteiger partial charge in [-0.15, -0.1) is 0 Å². The van der Waals surface area contributed by atoms with Crippen molar-refractivity contribution < 1.29 is 9.53 Å². The largest absolute Gasteiger partial charge is 0.484 e. The van der Waals surface area contributed by atoms with Crippen LogP contribution in [0.5, 0.6) is 5.75 Å². The Bertz CT molecular complexity index is 602. The topological polar surface area (TPSA) is 63.6 Å². The third kappa shape index (κ3) is 4.70. The number of nitrogens with zero attached hydrogens (tertiary/aromatic N) is 2. The zero-order valence-electron chi connectivity index (χ0n) is 10.5. The molecule has 0 saturated heterocycles. The molecule has 1 heterocycles. The van der Waals surface area contributed by atoms with Crippen molar-refractivity contribution in [1.82, 2.24) is 10.4 Å². The Labute approximate surface area is 121 Å². The van der Waals surface area contributed by atoms with Crippen LogP contribution in [0.4, 0.5) is 0 Å². The van der Waals surface area contributed by atoms with Crippen LogP contribution >= 0.6 is 11.6 Å². The normalized spacial score (nSPS) is 10.4. The van der Waals surface area contributed by atoms with Crippen molar-refractivity contribution in [3.63, 3.8) is 0 Å². The summed E-state index contributed by atoms with van der Waals surface area (Å²) in [4.78, 5) is 15.5. The monoisotopic (exact) mass is 289 g/mol. The number of pyridine rings is 1. The highest BCUT2D eigenvalue weighted by molar-refractivity contribution is 6.30. The summed E-state index contributed by atoms with van der Waals surface area (Å²) in [7, 11) is 0. The Hall–Kier alpha value is -2.40. The van der Waals surface area contributed by atoms with E-state index in [-0.39, 0.29) is 12.5 Å². The number of hydrogen-bond donors (Lipinski definition) is 1. The maximum atomic E-state index is 11.5. The summed E-state index contributed by atoms with van der Waals surface area (Å²) in [5, 5.41) is 4.33. The lowest BCUT2D eigenvalue weighted by atomic mass is 10.3. The number of hydrogen-bond acceptors (Lipinski definition) is 4. The SMILES string of the molecule is O=C(COc1cccc(Cl)c1)N/N=C\c1ccccn1. The fourth-order valence-electron chi connectivity index (χ4n) is 1.36. The van der Waals surface area contributed by atoms with Gasteiger partial charge in [0.2, 0.25) is 0 Å². The Morgan fingerprint density at radius 1 is 1.35 bits per heavy atom. The van der Waals surface area contributed by atoms with Crippen LogP contribution in [0.25, 0.3) is 0 Å². The lowest BCUT2D eigenvalue weighted by Gasteiger charge is -2.04. The van der Waals surface area contributed by atoms with Gasteiger partial charge in [0, 0.05) is 11.2 Å². The fraction of sp³-hybridized carbons (Fsp3) is 0.0714. The molecule has 0 aliphatic rings. The molecule has 6 heteroatoms. The molecule has 2 aromatic rings. The van der Waals surface area contributed by atoms with Gasteiger partial charge in [0.25, 0.3) is 5.91 Å². The van der Waals surface area contributed by atoms with Crippen LogP contribution in [0.2, 0.25) is 5.02 Å². The van der Waals surface area contributed by atoms with E-state index in [2.05, 4.69) is 15.5 Å². The van der Waals surface area contributed by atoms with E-state index >= 15 is 0 Å². The third-order valence-electron chi connectivity index (χ3n) is 2.24. The molecule has 0 aliphatic heterocycles. The van der Waals surface area contributed by atoms with Crippen molar-refractivity contribution in [1.29, 1.82) is 0 Å². The van der Waals surface area contributed by atoms with E-state index in [0.29, 0.717) is 16.5 Å². The van der Waals surface area contributed by atoms with E-state index < -0.39 is 0 Å². The summed E-state index contributed by atoms with van der Waals surface area (Å²) in [6.07, 6.45) is 3.10. The van der Waals surface area contributed by atoms with Crippen molar-refractivity contribution >= 4 is 23.7 Å². The molecular weight excluding hydrogens is 278 g/mol. The molecule has 1 aromatic heterocycles. The van der Waals surface area contributed by atoms with Crippen LogP contribution in [0.15, 0.2) is 53.8 Å². The summed E-state index contributed by atoms with van der Waals surface area (Å²) >= 11 is 5.80. The highest BCUT2D eigenvalue weighted by Crippen LogP contribution is 2.16. The molecular formula is C14H12ClN3O2. The molecule has 0 unspecified atom stereocenters. The van der Waals surface area contributed by atoms with Crippen molar-refractivity contribution in [3.05, 3.63) is 59.4 Å². The minimum atomic E-state index is -0.364. The summed E-state index contributed by atoms with van der Waals surface area (Å²) in [5.41, 5.74) is 3.00. The van der Waals surface area contributed by atoms with Crippen molar-refractivity contribution in [2.75, 3.05) is 6.61 Å². The highest BCUT2D eigenvalue weighted by Gasteiger charge is 2.01. The molecule has 0 atom stereocenters. The average molecular weight is 290 g/mol. The minimum Gasteiger partial charge on any atom is -0.484 e. The van der Waals surface area contributed by atoms with Crippen molar-refractivity contribution in [2.45, 2.75) is 0 Å². The van der Waals surface area contributed by atoms with E-state index in [4.69, 9.17) is 16.3 Å². The van der Waals surface area contributed by atoms with E-state index in [1.54, 1.807) is 42.6 Å². The molecule has 0 aliphatic carbocycles. The number of carbonyl (C=O) groups excluding carboxylic acids is 1. The minimum absolute atomic E-state index is 0.139. The van der Waals surface area contributed by atoms with Crippen molar-refractivity contribution in [3.8, 4) is 5.75 Å². The highest BCUT2D eigenvalue weighted by atomic mass is 35.5. The second-order valence-corrected chi connectivity index (χ2v) is 4.23. The average Bonchev–Trinajstić information content (AvgIpc) is 2.46. The van der Waals surface area contributed by atoms with Gasteiger partial charge in [0.1, 0.15) is 5.75 Å². The van der Waals surface area contributed by atoms with Gasteiger partial charge in [-0.25, -0.2) is 5.43 Å². The van der Waals surface area contributed by atoms with Crippen LogP contribution in [-0.4, -0.2) is 23.7 Å². The lowest BCUT2D eigenvalue weighted by Crippen LogP contribution is -2.24. The molecule has 1 N–H and O–H groups in total. The second-order valence-electron chi connectivity index (χ2n) is 3.79. The summed E-state index contributed by atoms with van der Waals surface area (Å²) < 4.78 is 5.27. The molecule has 20 heavy (non-hydrogen) atoms. The number of ether oxygens (including phenoxy) is 1. The Kier molecular flexibility index (Phi) is 5.08. The molecule has 0 bridgehead atoms. The molecule has 0 spiro atoms. The number of rotatable bonds is 5. The molecule has 102 valence electrons. The van der Waals surface area contributed by atoms with Crippen LogP contribution in [0, 0.1) is 0 Å². The summed E-state index contributed by atoms with van der Waals surface area (Å²) in [5.74, 6) is 0.165. The Balaban J connectivity index is 1.77. The maximum Gasteiger partial charge on any atom is 0.277 e. The van der Waals surface area contributed by atoms with Crippen LogP contribution < -0.4 is 10.2 Å². The third-order valence-corrected chi connectivity index (χ3v) is 2.47. The zero-order valence-corrected chi connectivity index (χ0v) is 11.2. The predicted octanol–water partition coefficient (Wildman–Crippen LogP) is 2.26. The van der Waals surface area contributed by atoms with Gasteiger partial charge in [-0.3, -0.25) is 9.78 Å². The smallest absolute Gasteiger partial charge is 0.277 e. The maximum absolute atomic E-state index is 11.5. The van der Waals surface area contributed by atoms with E-state index in [9.17, 15) is 4.79 Å². The standard InChI is InChI=1S/C14H12ClN3O2/c15-11-4-3-6-13(8-11)20-10-14(19)18-17-9-12-5-1-2-7-16-12/h1-9H,10H2,(H,18,19)/b17-9-. The number of halogens is 1. The van der Waals surface area contributed by atoms with Gasteiger partial charge in [0.05, 0.1) is 11.9 Å². The molecule has 1 amide bonds. The predicted molar refractivity (Wildman–Crippen MR) is 76.9 cm³/mol. The van der Waals surface area contributed by atoms with Gasteiger partial charge >= 0.3 is 0 Å². The first-order valence-electron chi connectivity index (χ1n) is 5.85.